The third-order valence-corrected chi connectivity index (χ3v) is 8.84. The van der Waals surface area contributed by atoms with Gasteiger partial charge in [0.2, 0.25) is 5.91 Å². The standard InChI is InChI=1S/C25H19N3O2S3/c29-21(28-10-8-20-17(9-12-32-20)23(28)16-5-2-1-3-6-16)13-27-15-26-24-22(25(27)30)18(14-33-24)19-7-4-11-31-19/h1-7,9,11-12,14-15,23H,8,10,13H2. The summed E-state index contributed by atoms with van der Waals surface area (Å²) in [6, 6.07) is 16.1. The fourth-order valence-electron chi connectivity index (χ4n) is 4.51. The summed E-state index contributed by atoms with van der Waals surface area (Å²) in [5.74, 6) is -0.0724. The Morgan fingerprint density at radius 1 is 1.03 bits per heavy atom. The molecule has 5 aromatic rings. The number of hydrogen-bond donors (Lipinski definition) is 0. The van der Waals surface area contributed by atoms with Crippen LogP contribution in [-0.2, 0) is 17.8 Å². The molecule has 33 heavy (non-hydrogen) atoms. The van der Waals surface area contributed by atoms with Gasteiger partial charge in [-0.1, -0.05) is 36.4 Å². The maximum absolute atomic E-state index is 13.6. The average molecular weight is 490 g/mol. The van der Waals surface area contributed by atoms with E-state index in [1.165, 1.54) is 32.7 Å². The van der Waals surface area contributed by atoms with Crippen molar-refractivity contribution in [3.05, 3.63) is 97.4 Å². The predicted molar refractivity (Wildman–Crippen MR) is 135 cm³/mol. The maximum atomic E-state index is 13.6. The van der Waals surface area contributed by atoms with E-state index in [2.05, 4.69) is 28.6 Å². The Morgan fingerprint density at radius 2 is 1.91 bits per heavy atom. The second-order valence-corrected chi connectivity index (χ2v) is 10.7. The van der Waals surface area contributed by atoms with Gasteiger partial charge in [-0.3, -0.25) is 14.2 Å². The van der Waals surface area contributed by atoms with E-state index in [4.69, 9.17) is 0 Å². The van der Waals surface area contributed by atoms with E-state index in [9.17, 15) is 9.59 Å². The molecule has 1 unspecified atom stereocenters. The van der Waals surface area contributed by atoms with Crippen molar-refractivity contribution >= 4 is 50.1 Å². The largest absolute Gasteiger partial charge is 0.330 e. The first-order valence-corrected chi connectivity index (χ1v) is 13.3. The van der Waals surface area contributed by atoms with Crippen LogP contribution in [0.25, 0.3) is 20.7 Å². The fourth-order valence-corrected chi connectivity index (χ4v) is 7.13. The van der Waals surface area contributed by atoms with Gasteiger partial charge in [-0.25, -0.2) is 4.98 Å². The van der Waals surface area contributed by atoms with Crippen LogP contribution in [0.15, 0.2) is 75.8 Å². The molecule has 0 radical (unpaired) electrons. The highest BCUT2D eigenvalue weighted by molar-refractivity contribution is 7.18. The Hall–Kier alpha value is -3.07. The second-order valence-electron chi connectivity index (χ2n) is 7.93. The zero-order valence-electron chi connectivity index (χ0n) is 17.5. The minimum Gasteiger partial charge on any atom is -0.330 e. The monoisotopic (exact) mass is 489 g/mol. The molecule has 0 saturated heterocycles. The Kier molecular flexibility index (Phi) is 5.21. The summed E-state index contributed by atoms with van der Waals surface area (Å²) in [6.45, 7) is 0.611. The third-order valence-electron chi connectivity index (χ3n) is 6.05. The van der Waals surface area contributed by atoms with Crippen molar-refractivity contribution in [1.29, 1.82) is 0 Å². The number of amides is 1. The highest BCUT2D eigenvalue weighted by Gasteiger charge is 2.33. The summed E-state index contributed by atoms with van der Waals surface area (Å²) in [6.07, 6.45) is 2.34. The molecule has 1 aromatic carbocycles. The van der Waals surface area contributed by atoms with E-state index >= 15 is 0 Å². The Labute approximate surface area is 202 Å². The molecule has 0 bridgehead atoms. The first-order valence-electron chi connectivity index (χ1n) is 10.6. The number of carbonyl (C=O) groups excluding carboxylic acids is 1. The lowest BCUT2D eigenvalue weighted by atomic mass is 9.93. The minimum absolute atomic E-state index is 0.0235. The van der Waals surface area contributed by atoms with Crippen LogP contribution >= 0.6 is 34.0 Å². The summed E-state index contributed by atoms with van der Waals surface area (Å²) in [5.41, 5.74) is 3.00. The summed E-state index contributed by atoms with van der Waals surface area (Å²) in [4.78, 5) is 36.4. The van der Waals surface area contributed by atoms with Gasteiger partial charge in [-0.15, -0.1) is 34.0 Å². The quantitative estimate of drug-likeness (QED) is 0.339. The SMILES string of the molecule is O=C(Cn1cnc2scc(-c3cccs3)c2c1=O)N1CCc2sccc2C1c1ccccc1. The molecule has 1 aliphatic heterocycles. The van der Waals surface area contributed by atoms with Crippen molar-refractivity contribution < 1.29 is 4.79 Å². The van der Waals surface area contributed by atoms with Crippen LogP contribution in [0.2, 0.25) is 0 Å². The fraction of sp³-hybridized carbons (Fsp3) is 0.160. The van der Waals surface area contributed by atoms with Gasteiger partial charge < -0.3 is 4.90 Å². The number of hydrogen-bond acceptors (Lipinski definition) is 6. The molecule has 5 heterocycles. The van der Waals surface area contributed by atoms with Crippen molar-refractivity contribution in [2.45, 2.75) is 19.0 Å². The van der Waals surface area contributed by atoms with Crippen molar-refractivity contribution in [3.8, 4) is 10.4 Å². The lowest BCUT2D eigenvalue weighted by Crippen LogP contribution is -2.43. The first-order chi connectivity index (χ1) is 16.2. The maximum Gasteiger partial charge on any atom is 0.263 e. The molecule has 0 saturated carbocycles. The first kappa shape index (κ1) is 20.5. The highest BCUT2D eigenvalue weighted by atomic mass is 32.1. The van der Waals surface area contributed by atoms with E-state index in [1.54, 1.807) is 22.7 Å². The van der Waals surface area contributed by atoms with Gasteiger partial charge in [0.05, 0.1) is 17.8 Å². The molecular formula is C25H19N3O2S3. The van der Waals surface area contributed by atoms with E-state index in [0.29, 0.717) is 16.8 Å². The molecule has 0 N–H and O–H groups in total. The Bertz CT molecular complexity index is 1500. The van der Waals surface area contributed by atoms with Crippen LogP contribution in [0.1, 0.15) is 22.0 Å². The van der Waals surface area contributed by atoms with E-state index in [0.717, 1.165) is 22.4 Å². The molecule has 1 atom stereocenters. The van der Waals surface area contributed by atoms with Gasteiger partial charge in [-0.05, 0) is 40.4 Å². The lowest BCUT2D eigenvalue weighted by Gasteiger charge is -2.36. The number of fused-ring (bicyclic) bond motifs is 2. The molecular weight excluding hydrogens is 470 g/mol. The van der Waals surface area contributed by atoms with Gasteiger partial charge in [0.25, 0.3) is 5.56 Å². The molecule has 8 heteroatoms. The third kappa shape index (κ3) is 3.55. The average Bonchev–Trinajstić information content (AvgIpc) is 3.60. The van der Waals surface area contributed by atoms with Crippen molar-refractivity contribution in [2.24, 2.45) is 0 Å². The molecule has 0 spiro atoms. The smallest absolute Gasteiger partial charge is 0.263 e. The van der Waals surface area contributed by atoms with Crippen molar-refractivity contribution in [2.75, 3.05) is 6.54 Å². The molecule has 6 rings (SSSR count). The Balaban J connectivity index is 1.37. The summed E-state index contributed by atoms with van der Waals surface area (Å²) in [7, 11) is 0. The van der Waals surface area contributed by atoms with Gasteiger partial charge in [0.15, 0.2) is 0 Å². The minimum atomic E-state index is -0.164. The number of nitrogens with zero attached hydrogens (tertiary/aromatic N) is 3. The summed E-state index contributed by atoms with van der Waals surface area (Å²) >= 11 is 4.80. The zero-order chi connectivity index (χ0) is 22.4. The number of carbonyl (C=O) groups is 1. The number of rotatable bonds is 4. The molecule has 5 nitrogen and oxygen atoms in total. The molecule has 164 valence electrons. The van der Waals surface area contributed by atoms with Crippen molar-refractivity contribution in [1.82, 2.24) is 14.5 Å². The topological polar surface area (TPSA) is 55.2 Å². The molecule has 1 aliphatic rings. The predicted octanol–water partition coefficient (Wildman–Crippen LogP) is 5.42. The van der Waals surface area contributed by atoms with Gasteiger partial charge in [-0.2, -0.15) is 0 Å². The molecule has 1 amide bonds. The normalized spacial score (nSPS) is 15.6. The number of benzene rings is 1. The van der Waals surface area contributed by atoms with Crippen LogP contribution in [0.3, 0.4) is 0 Å². The molecule has 0 fully saturated rings. The lowest BCUT2D eigenvalue weighted by molar-refractivity contribution is -0.134. The van der Waals surface area contributed by atoms with Gasteiger partial charge in [0, 0.05) is 27.2 Å². The number of aromatic nitrogens is 2. The summed E-state index contributed by atoms with van der Waals surface area (Å²) in [5, 5.41) is 6.66. The highest BCUT2D eigenvalue weighted by Crippen LogP contribution is 2.38. The van der Waals surface area contributed by atoms with Gasteiger partial charge in [0.1, 0.15) is 11.4 Å². The van der Waals surface area contributed by atoms with Crippen LogP contribution in [0.5, 0.6) is 0 Å². The zero-order valence-corrected chi connectivity index (χ0v) is 20.0. The van der Waals surface area contributed by atoms with Gasteiger partial charge >= 0.3 is 0 Å². The summed E-state index contributed by atoms with van der Waals surface area (Å²) < 4.78 is 1.46. The van der Waals surface area contributed by atoms with Crippen LogP contribution in [-0.4, -0.2) is 26.9 Å². The van der Waals surface area contributed by atoms with Crippen LogP contribution in [0, 0.1) is 0 Å². The molecule has 4 aromatic heterocycles. The molecule has 0 aliphatic carbocycles. The van der Waals surface area contributed by atoms with Crippen LogP contribution in [0.4, 0.5) is 0 Å². The van der Waals surface area contributed by atoms with E-state index in [-0.39, 0.29) is 24.1 Å². The van der Waals surface area contributed by atoms with E-state index < -0.39 is 0 Å². The van der Waals surface area contributed by atoms with Crippen molar-refractivity contribution in [3.63, 3.8) is 0 Å². The number of thiophene rings is 3. The van der Waals surface area contributed by atoms with Crippen LogP contribution < -0.4 is 5.56 Å². The Morgan fingerprint density at radius 3 is 2.73 bits per heavy atom. The van der Waals surface area contributed by atoms with E-state index in [1.807, 2.05) is 46.0 Å². The second kappa shape index (κ2) is 8.37.